The molecule has 0 bridgehead atoms. The standard InChI is InChI=1S/C21H24ClN7O3S/c1-2-8-28-17(23)16(18(31)24-20(28)32)15(30)12-33-21-26-25-19(27-9-3-4-10-27)29(21)14-7-5-6-13(22)11-14/h5-7,11H,2-4,8-10,12,23H2,1H3,(H,24,31,32). The van der Waals surface area contributed by atoms with E-state index in [1.165, 1.54) is 4.57 Å². The number of ketones is 1. The molecule has 0 atom stereocenters. The zero-order chi connectivity index (χ0) is 23.5. The van der Waals surface area contributed by atoms with Crippen LogP contribution in [0.2, 0.25) is 5.02 Å². The van der Waals surface area contributed by atoms with E-state index in [4.69, 9.17) is 17.3 Å². The van der Waals surface area contributed by atoms with Gasteiger partial charge in [0.25, 0.3) is 5.56 Å². The summed E-state index contributed by atoms with van der Waals surface area (Å²) in [6.07, 6.45) is 2.76. The van der Waals surface area contributed by atoms with Crippen LogP contribution in [-0.2, 0) is 6.54 Å². The van der Waals surface area contributed by atoms with Gasteiger partial charge in [-0.05, 0) is 37.5 Å². The molecule has 2 aromatic heterocycles. The average molecular weight is 490 g/mol. The number of carbonyl (C=O) groups excluding carboxylic acids is 1. The number of hydrogen-bond acceptors (Lipinski definition) is 8. The molecule has 1 aromatic carbocycles. The van der Waals surface area contributed by atoms with E-state index < -0.39 is 17.0 Å². The van der Waals surface area contributed by atoms with Gasteiger partial charge in [0, 0.05) is 24.7 Å². The lowest BCUT2D eigenvalue weighted by Crippen LogP contribution is -2.36. The Morgan fingerprint density at radius 3 is 2.70 bits per heavy atom. The van der Waals surface area contributed by atoms with Crippen molar-refractivity contribution in [2.24, 2.45) is 0 Å². The fraction of sp³-hybridized carbons (Fsp3) is 0.381. The number of aromatic amines is 1. The van der Waals surface area contributed by atoms with Gasteiger partial charge in [-0.2, -0.15) is 0 Å². The van der Waals surface area contributed by atoms with Crippen LogP contribution in [0.5, 0.6) is 0 Å². The van der Waals surface area contributed by atoms with Gasteiger partial charge in [-0.3, -0.25) is 23.7 Å². The zero-order valence-corrected chi connectivity index (χ0v) is 19.7. The molecule has 0 radical (unpaired) electrons. The number of anilines is 2. The Hall–Kier alpha value is -3.05. The van der Waals surface area contributed by atoms with Gasteiger partial charge in [0.15, 0.2) is 10.9 Å². The van der Waals surface area contributed by atoms with Crippen molar-refractivity contribution >= 4 is 40.9 Å². The third kappa shape index (κ3) is 4.69. The Morgan fingerprint density at radius 1 is 1.24 bits per heavy atom. The molecule has 0 amide bonds. The van der Waals surface area contributed by atoms with Crippen LogP contribution >= 0.6 is 23.4 Å². The number of aromatic nitrogens is 5. The number of thioether (sulfide) groups is 1. The highest BCUT2D eigenvalue weighted by Gasteiger charge is 2.25. The van der Waals surface area contributed by atoms with E-state index in [2.05, 4.69) is 20.1 Å². The smallest absolute Gasteiger partial charge is 0.329 e. The number of nitrogen functional groups attached to an aromatic ring is 1. The number of halogens is 1. The molecular formula is C21H24ClN7O3S. The lowest BCUT2D eigenvalue weighted by Gasteiger charge is -2.18. The highest BCUT2D eigenvalue weighted by Crippen LogP contribution is 2.30. The minimum Gasteiger partial charge on any atom is -0.384 e. The highest BCUT2D eigenvalue weighted by atomic mass is 35.5. The number of nitrogens with one attached hydrogen (secondary N) is 1. The molecular weight excluding hydrogens is 466 g/mol. The Balaban J connectivity index is 1.66. The third-order valence-electron chi connectivity index (χ3n) is 5.37. The first-order chi connectivity index (χ1) is 15.9. The molecule has 0 aliphatic carbocycles. The fourth-order valence-corrected chi connectivity index (χ4v) is 4.83. The summed E-state index contributed by atoms with van der Waals surface area (Å²) in [5.74, 6) is -0.0353. The summed E-state index contributed by atoms with van der Waals surface area (Å²) < 4.78 is 3.07. The third-order valence-corrected chi connectivity index (χ3v) is 6.53. The fourth-order valence-electron chi connectivity index (χ4n) is 3.82. The summed E-state index contributed by atoms with van der Waals surface area (Å²) in [5, 5.41) is 9.73. The number of nitrogens with zero attached hydrogens (tertiary/aromatic N) is 5. The molecule has 4 rings (SSSR count). The van der Waals surface area contributed by atoms with Gasteiger partial charge in [-0.15, -0.1) is 10.2 Å². The second kappa shape index (κ2) is 9.84. The van der Waals surface area contributed by atoms with E-state index in [0.717, 1.165) is 43.4 Å². The molecule has 1 saturated heterocycles. The lowest BCUT2D eigenvalue weighted by molar-refractivity contribution is 0.102. The van der Waals surface area contributed by atoms with E-state index in [9.17, 15) is 14.4 Å². The number of benzene rings is 1. The van der Waals surface area contributed by atoms with Crippen molar-refractivity contribution in [2.75, 3.05) is 29.5 Å². The van der Waals surface area contributed by atoms with Gasteiger partial charge >= 0.3 is 5.69 Å². The average Bonchev–Trinajstić information content (AvgIpc) is 3.44. The van der Waals surface area contributed by atoms with Gasteiger partial charge in [0.2, 0.25) is 5.95 Å². The molecule has 12 heteroatoms. The number of Topliss-reactive ketones (excluding diaryl/α,β-unsaturated/α-hetero) is 1. The van der Waals surface area contributed by atoms with Crippen LogP contribution in [0.15, 0.2) is 39.0 Å². The molecule has 3 heterocycles. The molecule has 0 unspecified atom stereocenters. The monoisotopic (exact) mass is 489 g/mol. The van der Waals surface area contributed by atoms with Crippen LogP contribution in [0, 0.1) is 0 Å². The molecule has 1 aliphatic heterocycles. The summed E-state index contributed by atoms with van der Waals surface area (Å²) in [5.41, 5.74) is 5.17. The summed E-state index contributed by atoms with van der Waals surface area (Å²) in [4.78, 5) is 41.7. The van der Waals surface area contributed by atoms with E-state index in [1.54, 1.807) is 12.1 Å². The van der Waals surface area contributed by atoms with Crippen molar-refractivity contribution in [3.8, 4) is 5.69 Å². The molecule has 10 nitrogen and oxygen atoms in total. The Bertz CT molecular complexity index is 1290. The van der Waals surface area contributed by atoms with Gasteiger partial charge in [-0.1, -0.05) is 36.4 Å². The van der Waals surface area contributed by atoms with Crippen molar-refractivity contribution in [1.82, 2.24) is 24.3 Å². The summed E-state index contributed by atoms with van der Waals surface area (Å²) in [6, 6.07) is 7.31. The largest absolute Gasteiger partial charge is 0.384 e. The SMILES string of the molecule is CCCn1c(N)c(C(=O)CSc2nnc(N3CCCC3)n2-c2cccc(Cl)c2)c(=O)[nH]c1=O. The van der Waals surface area contributed by atoms with Crippen molar-refractivity contribution in [3.05, 3.63) is 55.7 Å². The minimum absolute atomic E-state index is 0.101. The molecule has 33 heavy (non-hydrogen) atoms. The van der Waals surface area contributed by atoms with Crippen molar-refractivity contribution in [2.45, 2.75) is 37.9 Å². The maximum Gasteiger partial charge on any atom is 0.329 e. The number of H-pyrrole nitrogens is 1. The van der Waals surface area contributed by atoms with Crippen LogP contribution in [0.25, 0.3) is 5.69 Å². The van der Waals surface area contributed by atoms with Crippen LogP contribution < -0.4 is 21.9 Å². The van der Waals surface area contributed by atoms with Crippen LogP contribution in [0.3, 0.4) is 0 Å². The first-order valence-corrected chi connectivity index (χ1v) is 12.0. The molecule has 174 valence electrons. The van der Waals surface area contributed by atoms with Crippen LogP contribution in [-0.4, -0.2) is 48.9 Å². The Morgan fingerprint density at radius 2 is 2.00 bits per heavy atom. The summed E-state index contributed by atoms with van der Waals surface area (Å²) in [7, 11) is 0. The number of carbonyl (C=O) groups is 1. The van der Waals surface area contributed by atoms with Crippen molar-refractivity contribution in [3.63, 3.8) is 0 Å². The van der Waals surface area contributed by atoms with E-state index in [0.29, 0.717) is 29.1 Å². The van der Waals surface area contributed by atoms with E-state index >= 15 is 0 Å². The highest BCUT2D eigenvalue weighted by molar-refractivity contribution is 7.99. The Kier molecular flexibility index (Phi) is 6.89. The van der Waals surface area contributed by atoms with E-state index in [-0.39, 0.29) is 17.1 Å². The molecule has 1 aliphatic rings. The van der Waals surface area contributed by atoms with Gasteiger partial charge in [0.05, 0.1) is 11.4 Å². The number of hydrogen-bond donors (Lipinski definition) is 2. The first kappa shape index (κ1) is 23.1. The van der Waals surface area contributed by atoms with Gasteiger partial charge < -0.3 is 10.6 Å². The maximum atomic E-state index is 13.0. The van der Waals surface area contributed by atoms with Crippen LogP contribution in [0.1, 0.15) is 36.5 Å². The molecule has 1 fully saturated rings. The second-order valence-electron chi connectivity index (χ2n) is 7.68. The van der Waals surface area contributed by atoms with Gasteiger partial charge in [-0.25, -0.2) is 4.79 Å². The normalized spacial score (nSPS) is 13.6. The second-order valence-corrected chi connectivity index (χ2v) is 9.05. The quantitative estimate of drug-likeness (QED) is 0.364. The minimum atomic E-state index is -0.787. The summed E-state index contributed by atoms with van der Waals surface area (Å²) in [6.45, 7) is 3.91. The first-order valence-electron chi connectivity index (χ1n) is 10.7. The predicted octanol–water partition coefficient (Wildman–Crippen LogP) is 2.34. The van der Waals surface area contributed by atoms with Crippen molar-refractivity contribution < 1.29 is 4.79 Å². The number of rotatable bonds is 8. The van der Waals surface area contributed by atoms with Gasteiger partial charge in [0.1, 0.15) is 11.4 Å². The predicted molar refractivity (Wildman–Crippen MR) is 129 cm³/mol. The summed E-state index contributed by atoms with van der Waals surface area (Å²) >= 11 is 7.36. The molecule has 3 N–H and O–H groups in total. The maximum absolute atomic E-state index is 13.0. The Labute approximate surface area is 198 Å². The molecule has 0 saturated carbocycles. The lowest BCUT2D eigenvalue weighted by atomic mass is 10.2. The van der Waals surface area contributed by atoms with E-state index in [1.807, 2.05) is 23.6 Å². The molecule has 0 spiro atoms. The zero-order valence-electron chi connectivity index (χ0n) is 18.1. The topological polar surface area (TPSA) is 132 Å². The van der Waals surface area contributed by atoms with Crippen molar-refractivity contribution in [1.29, 1.82) is 0 Å². The molecule has 3 aromatic rings. The number of nitrogens with two attached hydrogens (primary N) is 1. The van der Waals surface area contributed by atoms with Crippen LogP contribution in [0.4, 0.5) is 11.8 Å².